The topological polar surface area (TPSA) is 27.7 Å². The highest BCUT2D eigenvalue weighted by Crippen LogP contribution is 2.58. The van der Waals surface area contributed by atoms with Gasteiger partial charge in [-0.1, -0.05) is 66.7 Å². The van der Waals surface area contributed by atoms with E-state index < -0.39 is 0 Å². The molecule has 2 aliphatic carbocycles. The third-order valence-electron chi connectivity index (χ3n) is 7.89. The second-order valence-electron chi connectivity index (χ2n) is 9.52. The van der Waals surface area contributed by atoms with Crippen molar-refractivity contribution in [2.45, 2.75) is 55.8 Å². The molecule has 2 fully saturated rings. The Balaban J connectivity index is 1.24. The summed E-state index contributed by atoms with van der Waals surface area (Å²) in [5.41, 5.74) is 5.82. The lowest BCUT2D eigenvalue weighted by atomic mass is 9.62. The zero-order valence-electron chi connectivity index (χ0n) is 18.5. The average molecular weight is 427 g/mol. The SMILES string of the molecule is c1ccc(COc2ccc(C3Cc4ccccc4C34CCC3(CC4)OCCO3)cc2)cc1. The van der Waals surface area contributed by atoms with E-state index in [0.29, 0.717) is 12.5 Å². The minimum Gasteiger partial charge on any atom is -0.489 e. The van der Waals surface area contributed by atoms with Crippen LogP contribution in [0.25, 0.3) is 0 Å². The summed E-state index contributed by atoms with van der Waals surface area (Å²) in [6.45, 7) is 2.07. The van der Waals surface area contributed by atoms with Crippen molar-refractivity contribution in [2.75, 3.05) is 13.2 Å². The highest BCUT2D eigenvalue weighted by molar-refractivity contribution is 5.47. The van der Waals surface area contributed by atoms with E-state index in [2.05, 4.69) is 72.8 Å². The molecule has 1 saturated heterocycles. The molecular formula is C29H30O3. The molecule has 3 aromatic carbocycles. The molecule has 32 heavy (non-hydrogen) atoms. The third kappa shape index (κ3) is 3.44. The van der Waals surface area contributed by atoms with E-state index in [1.165, 1.54) is 16.7 Å². The van der Waals surface area contributed by atoms with Crippen LogP contribution in [-0.4, -0.2) is 19.0 Å². The van der Waals surface area contributed by atoms with Gasteiger partial charge in [-0.2, -0.15) is 0 Å². The van der Waals surface area contributed by atoms with Gasteiger partial charge in [-0.25, -0.2) is 0 Å². The van der Waals surface area contributed by atoms with Gasteiger partial charge in [-0.05, 0) is 59.6 Å². The van der Waals surface area contributed by atoms with E-state index >= 15 is 0 Å². The van der Waals surface area contributed by atoms with Crippen LogP contribution in [0.4, 0.5) is 0 Å². The maximum Gasteiger partial charge on any atom is 0.168 e. The fourth-order valence-electron chi connectivity index (χ4n) is 6.24. The van der Waals surface area contributed by atoms with Gasteiger partial charge >= 0.3 is 0 Å². The minimum atomic E-state index is -0.331. The summed E-state index contributed by atoms with van der Waals surface area (Å²) >= 11 is 0. The highest BCUT2D eigenvalue weighted by Gasteiger charge is 2.53. The highest BCUT2D eigenvalue weighted by atomic mass is 16.7. The predicted octanol–water partition coefficient (Wildman–Crippen LogP) is 6.16. The monoisotopic (exact) mass is 426 g/mol. The largest absolute Gasteiger partial charge is 0.489 e. The summed E-state index contributed by atoms with van der Waals surface area (Å²) in [5, 5.41) is 0. The summed E-state index contributed by atoms with van der Waals surface area (Å²) in [6, 6.07) is 28.3. The fraction of sp³-hybridized carbons (Fsp3) is 0.379. The maximum absolute atomic E-state index is 6.05. The van der Waals surface area contributed by atoms with E-state index in [1.54, 1.807) is 5.56 Å². The summed E-state index contributed by atoms with van der Waals surface area (Å²) < 4.78 is 18.1. The molecule has 0 N–H and O–H groups in total. The van der Waals surface area contributed by atoms with Crippen molar-refractivity contribution in [1.29, 1.82) is 0 Å². The molecule has 1 heterocycles. The predicted molar refractivity (Wildman–Crippen MR) is 125 cm³/mol. The number of benzene rings is 3. The lowest BCUT2D eigenvalue weighted by molar-refractivity contribution is -0.186. The van der Waals surface area contributed by atoms with Crippen LogP contribution in [0.15, 0.2) is 78.9 Å². The fourth-order valence-corrected chi connectivity index (χ4v) is 6.24. The van der Waals surface area contributed by atoms with Gasteiger partial charge in [0.2, 0.25) is 0 Å². The van der Waals surface area contributed by atoms with Crippen molar-refractivity contribution in [3.63, 3.8) is 0 Å². The molecule has 1 saturated carbocycles. The normalized spacial score (nSPS) is 22.8. The van der Waals surface area contributed by atoms with Crippen LogP contribution < -0.4 is 4.74 Å². The molecule has 3 heteroatoms. The molecule has 3 nitrogen and oxygen atoms in total. The van der Waals surface area contributed by atoms with E-state index in [9.17, 15) is 0 Å². The second-order valence-corrected chi connectivity index (χ2v) is 9.52. The Labute approximate surface area is 190 Å². The van der Waals surface area contributed by atoms with E-state index in [4.69, 9.17) is 14.2 Å². The Morgan fingerprint density at radius 3 is 2.19 bits per heavy atom. The Bertz CT molecular complexity index is 1060. The number of rotatable bonds is 4. The molecule has 0 aromatic heterocycles. The van der Waals surface area contributed by atoms with E-state index in [0.717, 1.165) is 51.1 Å². The second kappa shape index (κ2) is 8.06. The number of ether oxygens (including phenoxy) is 3. The molecule has 0 amide bonds. The van der Waals surface area contributed by atoms with Crippen molar-refractivity contribution in [1.82, 2.24) is 0 Å². The maximum atomic E-state index is 6.05. The van der Waals surface area contributed by atoms with Gasteiger partial charge in [0.05, 0.1) is 13.2 Å². The summed E-state index contributed by atoms with van der Waals surface area (Å²) in [5.74, 6) is 1.09. The smallest absolute Gasteiger partial charge is 0.168 e. The first-order chi connectivity index (χ1) is 15.8. The van der Waals surface area contributed by atoms with Crippen molar-refractivity contribution in [3.8, 4) is 5.75 Å². The van der Waals surface area contributed by atoms with Crippen molar-refractivity contribution >= 4 is 0 Å². The lowest BCUT2D eigenvalue weighted by Crippen LogP contribution is -2.43. The van der Waals surface area contributed by atoms with Gasteiger partial charge < -0.3 is 14.2 Å². The van der Waals surface area contributed by atoms with Gasteiger partial charge in [0.25, 0.3) is 0 Å². The molecule has 0 radical (unpaired) electrons. The number of hydrogen-bond donors (Lipinski definition) is 0. The molecule has 1 aliphatic heterocycles. The Hall–Kier alpha value is -2.62. The van der Waals surface area contributed by atoms with Crippen LogP contribution in [0.3, 0.4) is 0 Å². The quantitative estimate of drug-likeness (QED) is 0.500. The Morgan fingerprint density at radius 2 is 1.44 bits per heavy atom. The van der Waals surface area contributed by atoms with Crippen LogP contribution in [-0.2, 0) is 27.9 Å². The third-order valence-corrected chi connectivity index (χ3v) is 7.89. The minimum absolute atomic E-state index is 0.170. The van der Waals surface area contributed by atoms with Gasteiger partial charge in [-0.15, -0.1) is 0 Å². The average Bonchev–Trinajstić information content (AvgIpc) is 3.44. The molecule has 1 unspecified atom stereocenters. The first kappa shape index (κ1) is 20.0. The van der Waals surface area contributed by atoms with Crippen LogP contribution in [0.5, 0.6) is 5.75 Å². The van der Waals surface area contributed by atoms with E-state index in [-0.39, 0.29) is 11.2 Å². The van der Waals surface area contributed by atoms with Crippen molar-refractivity contribution in [2.24, 2.45) is 0 Å². The lowest BCUT2D eigenvalue weighted by Gasteiger charge is -2.45. The number of hydrogen-bond acceptors (Lipinski definition) is 3. The van der Waals surface area contributed by atoms with Gasteiger partial charge in [0, 0.05) is 18.3 Å². The Kier molecular flexibility index (Phi) is 5.04. The van der Waals surface area contributed by atoms with E-state index in [1.807, 2.05) is 6.07 Å². The van der Waals surface area contributed by atoms with Crippen LogP contribution >= 0.6 is 0 Å². The summed E-state index contributed by atoms with van der Waals surface area (Å²) in [7, 11) is 0. The molecule has 3 aromatic rings. The van der Waals surface area contributed by atoms with Crippen LogP contribution in [0, 0.1) is 0 Å². The molecule has 3 aliphatic rings. The first-order valence-electron chi connectivity index (χ1n) is 11.9. The van der Waals surface area contributed by atoms with Gasteiger partial charge in [-0.3, -0.25) is 0 Å². The van der Waals surface area contributed by atoms with Gasteiger partial charge in [0.15, 0.2) is 5.79 Å². The van der Waals surface area contributed by atoms with Crippen molar-refractivity contribution < 1.29 is 14.2 Å². The summed E-state index contributed by atoms with van der Waals surface area (Å²) in [4.78, 5) is 0. The zero-order chi connectivity index (χ0) is 21.4. The molecule has 0 bridgehead atoms. The molecule has 1 atom stereocenters. The van der Waals surface area contributed by atoms with Crippen LogP contribution in [0.1, 0.15) is 53.9 Å². The molecule has 6 rings (SSSR count). The van der Waals surface area contributed by atoms with Gasteiger partial charge in [0.1, 0.15) is 12.4 Å². The summed E-state index contributed by atoms with van der Waals surface area (Å²) in [6.07, 6.45) is 5.29. The zero-order valence-corrected chi connectivity index (χ0v) is 18.5. The molecule has 2 spiro atoms. The molecular weight excluding hydrogens is 396 g/mol. The standard InChI is InChI=1S/C29H30O3/c1-2-6-22(7-3-1)21-30-25-12-10-23(11-13-25)27-20-24-8-4-5-9-26(24)28(27)14-16-29(17-15-28)31-18-19-32-29/h1-13,27H,14-21H2. The first-order valence-corrected chi connectivity index (χ1v) is 11.9. The van der Waals surface area contributed by atoms with Crippen molar-refractivity contribution in [3.05, 3.63) is 101 Å². The molecule has 164 valence electrons. The Morgan fingerprint density at radius 1 is 0.750 bits per heavy atom. The van der Waals surface area contributed by atoms with Crippen LogP contribution in [0.2, 0.25) is 0 Å². The number of fused-ring (bicyclic) bond motifs is 2.